The number of nitrogens with zero attached hydrogens (tertiary/aromatic N) is 4. The van der Waals surface area contributed by atoms with E-state index in [1.807, 2.05) is 12.1 Å². The van der Waals surface area contributed by atoms with Gasteiger partial charge in [-0.05, 0) is 181 Å². The first-order valence-corrected chi connectivity index (χ1v) is 32.6. The van der Waals surface area contributed by atoms with Gasteiger partial charge < -0.3 is 14.5 Å². The molecule has 4 aliphatic heterocycles. The van der Waals surface area contributed by atoms with Crippen molar-refractivity contribution in [3.05, 3.63) is 249 Å². The lowest BCUT2D eigenvalue weighted by Crippen LogP contribution is -2.34. The van der Waals surface area contributed by atoms with E-state index in [1.165, 1.54) is 100 Å². The smallest absolute Gasteiger partial charge is 0.210 e. The maximum atomic E-state index is 6.74. The standard InChI is InChI=1S/C80H86Cl2N4O/c1-13-83-67-43-35-59(81)49-65(67)77(7,8)71(83)25-19-27-73-79(11,75-63-23-17-15-21-57(63)33-41-69(75)85(73)47-45-53(3)4)51-55-29-37-61(38-30-55)87-62-39-31-56(32-40-62)52-80(12)74(28-20-26-72-78(9,10)66-50-60(82)36-44-68(66)84(72)14-2)86(48-46-54(5)6)70-42-34-58-22-16-18-24-64(58)76(70)80/h15-44,49-50,53-54H,13-14,45-48,51-52H2,1-12H3/q+2. The molecule has 4 heterocycles. The molecule has 0 spiro atoms. The molecular weight excluding hydrogens is 1100 g/mol. The summed E-state index contributed by atoms with van der Waals surface area (Å²) in [5.41, 5.74) is 17.1. The van der Waals surface area contributed by atoms with Gasteiger partial charge in [-0.3, -0.25) is 0 Å². The Bertz CT molecular complexity index is 3900. The normalized spacial score (nSPS) is 20.3. The van der Waals surface area contributed by atoms with Crippen molar-refractivity contribution < 1.29 is 13.9 Å². The number of hydrogen-bond acceptors (Lipinski definition) is 3. The van der Waals surface area contributed by atoms with Gasteiger partial charge in [0.15, 0.2) is 11.4 Å². The molecule has 12 rings (SSSR count). The van der Waals surface area contributed by atoms with Gasteiger partial charge in [-0.1, -0.05) is 164 Å². The molecule has 7 heteroatoms. The molecule has 0 amide bonds. The number of rotatable bonds is 18. The van der Waals surface area contributed by atoms with Gasteiger partial charge in [-0.15, -0.1) is 0 Å². The molecule has 5 nitrogen and oxygen atoms in total. The van der Waals surface area contributed by atoms with E-state index in [0.29, 0.717) is 11.8 Å². The Morgan fingerprint density at radius 2 is 0.874 bits per heavy atom. The summed E-state index contributed by atoms with van der Waals surface area (Å²) < 4.78 is 12.0. The summed E-state index contributed by atoms with van der Waals surface area (Å²) in [5.74, 6) is 2.76. The molecule has 0 aromatic heterocycles. The Balaban J connectivity index is 0.844. The molecule has 2 atom stereocenters. The van der Waals surface area contributed by atoms with Crippen LogP contribution in [-0.4, -0.2) is 46.8 Å². The van der Waals surface area contributed by atoms with Gasteiger partial charge >= 0.3 is 0 Å². The number of allylic oxidation sites excluding steroid dienone is 8. The van der Waals surface area contributed by atoms with Gasteiger partial charge in [0.05, 0.1) is 10.8 Å². The van der Waals surface area contributed by atoms with Gasteiger partial charge in [0.2, 0.25) is 11.4 Å². The summed E-state index contributed by atoms with van der Waals surface area (Å²) in [6, 6.07) is 57.7. The first-order valence-electron chi connectivity index (χ1n) is 31.9. The van der Waals surface area contributed by atoms with Crippen molar-refractivity contribution in [2.24, 2.45) is 11.8 Å². The van der Waals surface area contributed by atoms with Crippen LogP contribution < -0.4 is 14.5 Å². The van der Waals surface area contributed by atoms with Crippen molar-refractivity contribution >= 4 is 78.9 Å². The zero-order valence-electron chi connectivity index (χ0n) is 53.2. The molecule has 8 aromatic rings. The van der Waals surface area contributed by atoms with Crippen LogP contribution in [0, 0.1) is 11.8 Å². The predicted octanol–water partition coefficient (Wildman–Crippen LogP) is 20.9. The molecule has 0 radical (unpaired) electrons. The summed E-state index contributed by atoms with van der Waals surface area (Å²) in [6.07, 6.45) is 18.0. The Labute approximate surface area is 528 Å². The van der Waals surface area contributed by atoms with Crippen LogP contribution >= 0.6 is 23.2 Å². The Hall–Kier alpha value is -7.44. The van der Waals surface area contributed by atoms with E-state index >= 15 is 0 Å². The average Bonchev–Trinajstić information content (AvgIpc) is 1.83. The number of halogens is 2. The SMILES string of the molecule is CCN1/C(=C/C=C/C2=[N+](CCC(C)C)c3ccc4ccccc4c3C2(C)Cc2ccc(Oc3ccc(CC4(C)C(/C=C/C=C5/N(CC)c6ccc(Cl)cc6C5(C)C)=[N+](CCC(C)C)c5ccc6ccccc6c54)cc3)cc2)C(C)(C)c2cc(Cl)ccc21. The number of ether oxygens (including phenoxy) is 1. The second-order valence-corrected chi connectivity index (χ2v) is 28.0. The van der Waals surface area contributed by atoms with Crippen molar-refractivity contribution in [3.63, 3.8) is 0 Å². The maximum Gasteiger partial charge on any atom is 0.210 e. The number of benzene rings is 8. The van der Waals surface area contributed by atoms with Crippen LogP contribution in [0.2, 0.25) is 10.0 Å². The quantitative estimate of drug-likeness (QED) is 0.0799. The topological polar surface area (TPSA) is 21.7 Å². The highest BCUT2D eigenvalue weighted by Gasteiger charge is 2.51. The minimum absolute atomic E-state index is 0.201. The van der Waals surface area contributed by atoms with Crippen molar-refractivity contribution in [1.29, 1.82) is 0 Å². The minimum Gasteiger partial charge on any atom is -0.457 e. The zero-order chi connectivity index (χ0) is 61.2. The number of fused-ring (bicyclic) bond motifs is 8. The van der Waals surface area contributed by atoms with Crippen molar-refractivity contribution in [1.82, 2.24) is 0 Å². The second-order valence-electron chi connectivity index (χ2n) is 27.1. The molecule has 87 heavy (non-hydrogen) atoms. The van der Waals surface area contributed by atoms with E-state index < -0.39 is 0 Å². The molecule has 0 bridgehead atoms. The van der Waals surface area contributed by atoms with Gasteiger partial charge in [0.1, 0.15) is 24.6 Å². The zero-order valence-corrected chi connectivity index (χ0v) is 54.8. The molecule has 0 N–H and O–H groups in total. The monoisotopic (exact) mass is 1190 g/mol. The maximum absolute atomic E-state index is 6.74. The highest BCUT2D eigenvalue weighted by molar-refractivity contribution is 6.31. The summed E-state index contributed by atoms with van der Waals surface area (Å²) >= 11 is 13.2. The molecule has 4 aliphatic rings. The first-order chi connectivity index (χ1) is 41.7. The fourth-order valence-corrected chi connectivity index (χ4v) is 15.5. The molecular formula is C80H86Cl2N4O+2. The highest BCUT2D eigenvalue weighted by Crippen LogP contribution is 2.52. The van der Waals surface area contributed by atoms with Crippen LogP contribution in [-0.2, 0) is 34.5 Å². The third kappa shape index (κ3) is 10.8. The summed E-state index contributed by atoms with van der Waals surface area (Å²) in [4.78, 5) is 4.90. The summed E-state index contributed by atoms with van der Waals surface area (Å²) in [6.45, 7) is 31.7. The Morgan fingerprint density at radius 1 is 0.483 bits per heavy atom. The second kappa shape index (κ2) is 23.6. The lowest BCUT2D eigenvalue weighted by Gasteiger charge is -2.26. The number of anilines is 2. The molecule has 0 saturated carbocycles. The third-order valence-electron chi connectivity index (χ3n) is 19.6. The number of hydrogen-bond donors (Lipinski definition) is 0. The van der Waals surface area contributed by atoms with Gasteiger partial charge in [-0.2, -0.15) is 9.15 Å². The average molecular weight is 1190 g/mol. The van der Waals surface area contributed by atoms with Crippen LogP contribution in [0.4, 0.5) is 22.7 Å². The van der Waals surface area contributed by atoms with E-state index in [-0.39, 0.29) is 21.7 Å². The molecule has 0 saturated heterocycles. The van der Waals surface area contributed by atoms with Gasteiger partial charge in [0.25, 0.3) is 0 Å². The molecule has 0 aliphatic carbocycles. The largest absolute Gasteiger partial charge is 0.457 e. The van der Waals surface area contributed by atoms with E-state index in [2.05, 4.69) is 284 Å². The molecule has 0 fully saturated rings. The van der Waals surface area contributed by atoms with Crippen LogP contribution in [0.15, 0.2) is 206 Å². The van der Waals surface area contributed by atoms with Crippen LogP contribution in [0.3, 0.4) is 0 Å². The predicted molar refractivity (Wildman–Crippen MR) is 371 cm³/mol. The lowest BCUT2D eigenvalue weighted by atomic mass is 9.73. The fourth-order valence-electron chi connectivity index (χ4n) is 15.1. The third-order valence-corrected chi connectivity index (χ3v) is 20.1. The van der Waals surface area contributed by atoms with Gasteiger partial charge in [-0.25, -0.2) is 0 Å². The molecule has 444 valence electrons. The summed E-state index contributed by atoms with van der Waals surface area (Å²) in [7, 11) is 0. The lowest BCUT2D eigenvalue weighted by molar-refractivity contribution is -0.439. The Morgan fingerprint density at radius 3 is 1.25 bits per heavy atom. The van der Waals surface area contributed by atoms with E-state index in [0.717, 1.165) is 73.4 Å². The van der Waals surface area contributed by atoms with Crippen molar-refractivity contribution in [2.45, 2.75) is 130 Å². The minimum atomic E-state index is -0.337. The number of likely N-dealkylation sites (N-methyl/N-ethyl adjacent to an activating group) is 2. The summed E-state index contributed by atoms with van der Waals surface area (Å²) in [5, 5.41) is 6.72. The van der Waals surface area contributed by atoms with Crippen molar-refractivity contribution in [2.75, 3.05) is 36.0 Å². The fraction of sp³-hybridized carbons (Fsp3) is 0.325. The molecule has 2 unspecified atom stereocenters. The molecule has 8 aromatic carbocycles. The van der Waals surface area contributed by atoms with Crippen LogP contribution in [0.25, 0.3) is 21.5 Å². The van der Waals surface area contributed by atoms with Crippen LogP contribution in [0.5, 0.6) is 11.5 Å². The van der Waals surface area contributed by atoms with E-state index in [1.54, 1.807) is 0 Å². The van der Waals surface area contributed by atoms with Crippen molar-refractivity contribution in [3.8, 4) is 11.5 Å². The van der Waals surface area contributed by atoms with Crippen LogP contribution in [0.1, 0.15) is 129 Å². The highest BCUT2D eigenvalue weighted by atomic mass is 35.5. The Kier molecular flexibility index (Phi) is 16.2. The first kappa shape index (κ1) is 59.9. The van der Waals surface area contributed by atoms with E-state index in [9.17, 15) is 0 Å². The van der Waals surface area contributed by atoms with Gasteiger partial charge in [0, 0.05) is 105 Å². The van der Waals surface area contributed by atoms with E-state index in [4.69, 9.17) is 27.9 Å².